The van der Waals surface area contributed by atoms with E-state index in [0.29, 0.717) is 11.7 Å². The van der Waals surface area contributed by atoms with E-state index >= 15 is 0 Å². The molecule has 0 aromatic heterocycles. The third kappa shape index (κ3) is 2.74. The molecule has 0 spiro atoms. The first-order chi connectivity index (χ1) is 7.77. The van der Waals surface area contributed by atoms with Gasteiger partial charge in [0.1, 0.15) is 0 Å². The van der Waals surface area contributed by atoms with Crippen LogP contribution < -0.4 is 11.1 Å². The van der Waals surface area contributed by atoms with Crippen molar-refractivity contribution in [1.29, 1.82) is 0 Å². The highest BCUT2D eigenvalue weighted by Gasteiger charge is 2.18. The number of para-hydroxylation sites is 1. The van der Waals surface area contributed by atoms with Gasteiger partial charge in [0, 0.05) is 17.3 Å². The van der Waals surface area contributed by atoms with Crippen molar-refractivity contribution in [1.82, 2.24) is 5.32 Å². The molecule has 0 bridgehead atoms. The molecule has 0 amide bonds. The maximum Gasteiger partial charge on any atom is 0.0824 e. The fourth-order valence-corrected chi connectivity index (χ4v) is 2.34. The Morgan fingerprint density at radius 2 is 2.19 bits per heavy atom. The van der Waals surface area contributed by atoms with Gasteiger partial charge in [-0.3, -0.25) is 0 Å². The normalized spacial score (nSPS) is 22.9. The van der Waals surface area contributed by atoms with Crippen LogP contribution in [0.1, 0.15) is 37.4 Å². The van der Waals surface area contributed by atoms with E-state index in [1.807, 2.05) is 24.3 Å². The van der Waals surface area contributed by atoms with E-state index in [0.717, 1.165) is 24.9 Å². The molecule has 2 unspecified atom stereocenters. The second-order valence-corrected chi connectivity index (χ2v) is 4.53. The van der Waals surface area contributed by atoms with Gasteiger partial charge in [-0.05, 0) is 31.9 Å². The third-order valence-corrected chi connectivity index (χ3v) is 3.28. The molecule has 3 heteroatoms. The smallest absolute Gasteiger partial charge is 0.0824 e. The molecule has 0 aliphatic carbocycles. The molecule has 16 heavy (non-hydrogen) atoms. The fraction of sp³-hybridized carbons (Fsp3) is 0.538. The molecular formula is C13H20N2O. The zero-order valence-corrected chi connectivity index (χ0v) is 9.52. The van der Waals surface area contributed by atoms with Crippen LogP contribution in [-0.2, 0) is 0 Å². The second kappa shape index (κ2) is 5.32. The molecule has 1 aromatic rings. The summed E-state index contributed by atoms with van der Waals surface area (Å²) in [6, 6.07) is 7.99. The van der Waals surface area contributed by atoms with Crippen molar-refractivity contribution in [3.8, 4) is 0 Å². The van der Waals surface area contributed by atoms with E-state index < -0.39 is 6.10 Å². The molecule has 1 fully saturated rings. The van der Waals surface area contributed by atoms with Gasteiger partial charge in [-0.15, -0.1) is 0 Å². The zero-order chi connectivity index (χ0) is 11.4. The van der Waals surface area contributed by atoms with E-state index in [2.05, 4.69) is 5.32 Å². The van der Waals surface area contributed by atoms with Gasteiger partial charge >= 0.3 is 0 Å². The topological polar surface area (TPSA) is 58.3 Å². The van der Waals surface area contributed by atoms with Gasteiger partial charge in [0.25, 0.3) is 0 Å². The van der Waals surface area contributed by atoms with Crippen molar-refractivity contribution in [2.45, 2.75) is 37.8 Å². The predicted molar refractivity (Wildman–Crippen MR) is 66.1 cm³/mol. The SMILES string of the molecule is Nc1ccccc1C(O)CC1CCCCN1. The first-order valence-corrected chi connectivity index (χ1v) is 6.03. The molecule has 1 aliphatic heterocycles. The van der Waals surface area contributed by atoms with Gasteiger partial charge in [-0.2, -0.15) is 0 Å². The van der Waals surface area contributed by atoms with Crippen molar-refractivity contribution in [3.63, 3.8) is 0 Å². The summed E-state index contributed by atoms with van der Waals surface area (Å²) in [4.78, 5) is 0. The van der Waals surface area contributed by atoms with Crippen molar-refractivity contribution < 1.29 is 5.11 Å². The van der Waals surface area contributed by atoms with Crippen LogP contribution >= 0.6 is 0 Å². The number of nitrogens with one attached hydrogen (secondary N) is 1. The Kier molecular flexibility index (Phi) is 3.80. The summed E-state index contributed by atoms with van der Waals surface area (Å²) in [5.74, 6) is 0. The number of rotatable bonds is 3. The molecule has 3 nitrogen and oxygen atoms in total. The minimum absolute atomic E-state index is 0.434. The van der Waals surface area contributed by atoms with E-state index in [4.69, 9.17) is 5.73 Å². The number of benzene rings is 1. The maximum atomic E-state index is 10.1. The first-order valence-electron chi connectivity index (χ1n) is 6.03. The van der Waals surface area contributed by atoms with Crippen LogP contribution in [0.5, 0.6) is 0 Å². The number of nitrogen functional groups attached to an aromatic ring is 1. The van der Waals surface area contributed by atoms with Crippen molar-refractivity contribution in [2.24, 2.45) is 0 Å². The number of nitrogens with two attached hydrogens (primary N) is 1. The van der Waals surface area contributed by atoms with Gasteiger partial charge in [-0.25, -0.2) is 0 Å². The number of anilines is 1. The Balaban J connectivity index is 1.96. The van der Waals surface area contributed by atoms with Crippen LogP contribution in [0.25, 0.3) is 0 Å². The van der Waals surface area contributed by atoms with Gasteiger partial charge in [0.15, 0.2) is 0 Å². The van der Waals surface area contributed by atoms with E-state index in [9.17, 15) is 5.11 Å². The van der Waals surface area contributed by atoms with Crippen LogP contribution in [0.4, 0.5) is 5.69 Å². The van der Waals surface area contributed by atoms with Crippen LogP contribution in [0, 0.1) is 0 Å². The Bertz CT molecular complexity index is 334. The number of aliphatic hydroxyl groups excluding tert-OH is 1. The van der Waals surface area contributed by atoms with Gasteiger partial charge < -0.3 is 16.2 Å². The lowest BCUT2D eigenvalue weighted by Gasteiger charge is -2.26. The fourth-order valence-electron chi connectivity index (χ4n) is 2.34. The van der Waals surface area contributed by atoms with E-state index in [1.54, 1.807) is 0 Å². The quantitative estimate of drug-likeness (QED) is 0.681. The first kappa shape index (κ1) is 11.4. The lowest BCUT2D eigenvalue weighted by atomic mass is 9.95. The van der Waals surface area contributed by atoms with Crippen molar-refractivity contribution in [2.75, 3.05) is 12.3 Å². The minimum Gasteiger partial charge on any atom is -0.398 e. The zero-order valence-electron chi connectivity index (χ0n) is 9.52. The molecule has 4 N–H and O–H groups in total. The Morgan fingerprint density at radius 3 is 2.88 bits per heavy atom. The summed E-state index contributed by atoms with van der Waals surface area (Å²) in [6.07, 6.45) is 3.98. The lowest BCUT2D eigenvalue weighted by Crippen LogP contribution is -2.35. The van der Waals surface area contributed by atoms with Crippen LogP contribution in [0.3, 0.4) is 0 Å². The van der Waals surface area contributed by atoms with Gasteiger partial charge in [0.2, 0.25) is 0 Å². The lowest BCUT2D eigenvalue weighted by molar-refractivity contribution is 0.145. The second-order valence-electron chi connectivity index (χ2n) is 4.53. The molecule has 1 aliphatic rings. The molecule has 2 rings (SSSR count). The summed E-state index contributed by atoms with van der Waals surface area (Å²) in [5, 5.41) is 13.6. The van der Waals surface area contributed by atoms with E-state index in [1.165, 1.54) is 12.8 Å². The molecule has 0 saturated carbocycles. The van der Waals surface area contributed by atoms with E-state index in [-0.39, 0.29) is 0 Å². The van der Waals surface area contributed by atoms with Crippen LogP contribution in [0.2, 0.25) is 0 Å². The Hall–Kier alpha value is -1.06. The molecular weight excluding hydrogens is 200 g/mol. The Labute approximate surface area is 96.7 Å². The summed E-state index contributed by atoms with van der Waals surface area (Å²) >= 11 is 0. The highest BCUT2D eigenvalue weighted by Crippen LogP contribution is 2.25. The Morgan fingerprint density at radius 1 is 1.38 bits per heavy atom. The summed E-state index contributed by atoms with van der Waals surface area (Å²) in [7, 11) is 0. The molecule has 1 saturated heterocycles. The molecule has 1 heterocycles. The monoisotopic (exact) mass is 220 g/mol. The van der Waals surface area contributed by atoms with Crippen LogP contribution in [0.15, 0.2) is 24.3 Å². The predicted octanol–water partition coefficient (Wildman–Crippen LogP) is 1.83. The average molecular weight is 220 g/mol. The molecule has 1 aromatic carbocycles. The summed E-state index contributed by atoms with van der Waals surface area (Å²) in [6.45, 7) is 1.07. The molecule has 88 valence electrons. The number of aliphatic hydroxyl groups is 1. The average Bonchev–Trinajstić information content (AvgIpc) is 2.31. The highest BCUT2D eigenvalue weighted by molar-refractivity contribution is 5.47. The summed E-state index contributed by atoms with van der Waals surface area (Å²) < 4.78 is 0. The molecule has 2 atom stereocenters. The third-order valence-electron chi connectivity index (χ3n) is 3.28. The standard InChI is InChI=1S/C13H20N2O/c14-12-7-2-1-6-11(12)13(16)9-10-5-3-4-8-15-10/h1-2,6-7,10,13,15-16H,3-5,8-9,14H2. The van der Waals surface area contributed by atoms with Gasteiger partial charge in [0.05, 0.1) is 6.10 Å². The van der Waals surface area contributed by atoms with Crippen LogP contribution in [-0.4, -0.2) is 17.7 Å². The minimum atomic E-state index is -0.447. The largest absolute Gasteiger partial charge is 0.398 e. The van der Waals surface area contributed by atoms with Crippen molar-refractivity contribution in [3.05, 3.63) is 29.8 Å². The highest BCUT2D eigenvalue weighted by atomic mass is 16.3. The number of hydrogen-bond acceptors (Lipinski definition) is 3. The maximum absolute atomic E-state index is 10.1. The van der Waals surface area contributed by atoms with Gasteiger partial charge in [-0.1, -0.05) is 24.6 Å². The summed E-state index contributed by atoms with van der Waals surface area (Å²) in [5.41, 5.74) is 7.39. The number of piperidine rings is 1. The van der Waals surface area contributed by atoms with Crippen molar-refractivity contribution >= 4 is 5.69 Å². The molecule has 0 radical (unpaired) electrons. The number of hydrogen-bond donors (Lipinski definition) is 3.